The van der Waals surface area contributed by atoms with E-state index in [0.717, 1.165) is 63.3 Å². The van der Waals surface area contributed by atoms with Crippen LogP contribution in [-0.2, 0) is 37.7 Å². The van der Waals surface area contributed by atoms with Crippen LogP contribution in [0.15, 0.2) is 109 Å². The molecule has 1 aliphatic carbocycles. The topological polar surface area (TPSA) is 236 Å². The fourth-order valence-corrected chi connectivity index (χ4v) is 10.2. The Kier molecular flexibility index (Phi) is 13.8. The van der Waals surface area contributed by atoms with Gasteiger partial charge in [-0.2, -0.15) is 0 Å². The van der Waals surface area contributed by atoms with E-state index in [1.807, 2.05) is 123 Å². The zero-order chi connectivity index (χ0) is 50.0. The zero-order valence-electron chi connectivity index (χ0n) is 40.3. The van der Waals surface area contributed by atoms with Gasteiger partial charge in [-0.1, -0.05) is 75.4 Å². The van der Waals surface area contributed by atoms with Gasteiger partial charge in [0.1, 0.15) is 23.4 Å². The first-order valence-corrected chi connectivity index (χ1v) is 24.8. The van der Waals surface area contributed by atoms with Crippen molar-refractivity contribution in [2.24, 2.45) is 11.1 Å². The van der Waals surface area contributed by atoms with Crippen molar-refractivity contribution in [2.75, 3.05) is 18.8 Å². The molecule has 8 N–H and O–H groups in total. The lowest BCUT2D eigenvalue weighted by molar-refractivity contribution is -0.144. The van der Waals surface area contributed by atoms with E-state index in [-0.39, 0.29) is 43.9 Å². The van der Waals surface area contributed by atoms with E-state index in [2.05, 4.69) is 38.1 Å². The number of nitrogens with zero attached hydrogens (tertiary/aromatic N) is 6. The Labute approximate surface area is 416 Å². The molecule has 366 valence electrons. The number of amides is 4. The molecule has 17 heteroatoms. The molecule has 7 aromatic rings. The number of rotatable bonds is 15. The number of nitrogen functional groups attached to an aromatic ring is 1. The summed E-state index contributed by atoms with van der Waals surface area (Å²) < 4.78 is 1.99. The Bertz CT molecular complexity index is 3100. The molecular formula is C54H59N11O5S. The van der Waals surface area contributed by atoms with E-state index in [1.165, 1.54) is 4.90 Å². The lowest BCUT2D eigenvalue weighted by Crippen LogP contribution is -2.58. The number of imidazole rings is 1. The van der Waals surface area contributed by atoms with Gasteiger partial charge < -0.3 is 37.4 Å². The highest BCUT2D eigenvalue weighted by atomic mass is 32.1. The van der Waals surface area contributed by atoms with Crippen LogP contribution in [0.4, 0.5) is 5.82 Å². The summed E-state index contributed by atoms with van der Waals surface area (Å²) in [4.78, 5) is 75.4. The molecule has 2 fully saturated rings. The number of benzene rings is 3. The molecule has 0 spiro atoms. The van der Waals surface area contributed by atoms with Crippen LogP contribution in [0, 0.1) is 12.3 Å². The van der Waals surface area contributed by atoms with Crippen molar-refractivity contribution in [3.63, 3.8) is 0 Å². The number of pyridine rings is 2. The number of carbonyl (C=O) groups excluding carboxylic acids is 4. The first kappa shape index (κ1) is 48.7. The van der Waals surface area contributed by atoms with E-state index >= 15 is 0 Å². The number of thiazole rings is 1. The molecule has 3 atom stereocenters. The summed E-state index contributed by atoms with van der Waals surface area (Å²) in [6.45, 7) is 7.22. The molecule has 1 saturated heterocycles. The summed E-state index contributed by atoms with van der Waals surface area (Å²) in [6, 6.07) is 29.5. The van der Waals surface area contributed by atoms with Gasteiger partial charge >= 0.3 is 0 Å². The number of carbonyl (C=O) groups is 4. The summed E-state index contributed by atoms with van der Waals surface area (Å²) in [5.74, 6) is -0.819. The average Bonchev–Trinajstić information content (AvgIpc) is 4.08. The monoisotopic (exact) mass is 973 g/mol. The summed E-state index contributed by atoms with van der Waals surface area (Å²) in [5.41, 5.74) is 23.1. The van der Waals surface area contributed by atoms with Crippen LogP contribution in [0.2, 0.25) is 0 Å². The van der Waals surface area contributed by atoms with Gasteiger partial charge in [0.05, 0.1) is 40.0 Å². The second kappa shape index (κ2) is 20.2. The van der Waals surface area contributed by atoms with Gasteiger partial charge in [-0.25, -0.2) is 19.9 Å². The number of fused-ring (bicyclic) bond motifs is 1. The van der Waals surface area contributed by atoms with E-state index in [1.54, 1.807) is 17.5 Å². The van der Waals surface area contributed by atoms with Crippen LogP contribution < -0.4 is 27.4 Å². The first-order valence-electron chi connectivity index (χ1n) is 24.0. The van der Waals surface area contributed by atoms with Crippen LogP contribution in [0.1, 0.15) is 75.3 Å². The third kappa shape index (κ3) is 10.6. The number of aryl methyl sites for hydroxylation is 2. The van der Waals surface area contributed by atoms with Crippen LogP contribution in [0.25, 0.3) is 49.9 Å². The molecule has 1 unspecified atom stereocenters. The minimum absolute atomic E-state index is 0.0528. The molecule has 0 radical (unpaired) electrons. The second-order valence-corrected chi connectivity index (χ2v) is 20.6. The first-order chi connectivity index (χ1) is 34.0. The molecule has 1 aliphatic heterocycles. The predicted molar refractivity (Wildman–Crippen MR) is 275 cm³/mol. The Morgan fingerprint density at radius 1 is 0.887 bits per heavy atom. The molecule has 3 aromatic carbocycles. The summed E-state index contributed by atoms with van der Waals surface area (Å²) >= 11 is 1.57. The number of aliphatic hydroxyl groups excluding tert-OH is 1. The number of hydrogen-bond acceptors (Lipinski definition) is 12. The number of hydrogen-bond donors (Lipinski definition) is 6. The van der Waals surface area contributed by atoms with Crippen molar-refractivity contribution < 1.29 is 24.3 Å². The van der Waals surface area contributed by atoms with Gasteiger partial charge in [0.15, 0.2) is 11.5 Å². The van der Waals surface area contributed by atoms with Crippen molar-refractivity contribution >= 4 is 51.9 Å². The maximum absolute atomic E-state index is 14.1. The van der Waals surface area contributed by atoms with Gasteiger partial charge in [-0.3, -0.25) is 23.7 Å². The van der Waals surface area contributed by atoms with Gasteiger partial charge in [-0.15, -0.1) is 11.3 Å². The maximum atomic E-state index is 14.1. The minimum atomic E-state index is -1.04. The number of anilines is 1. The van der Waals surface area contributed by atoms with Crippen LogP contribution in [-0.4, -0.2) is 89.4 Å². The lowest BCUT2D eigenvalue weighted by atomic mass is 9.73. The average molecular weight is 974 g/mol. The molecule has 2 aliphatic rings. The summed E-state index contributed by atoms with van der Waals surface area (Å²) in [6.07, 6.45) is 4.32. The zero-order valence-corrected chi connectivity index (χ0v) is 41.1. The van der Waals surface area contributed by atoms with Crippen molar-refractivity contribution in [3.8, 4) is 38.8 Å². The van der Waals surface area contributed by atoms with Gasteiger partial charge in [-0.05, 0) is 103 Å². The number of aliphatic hydroxyl groups is 1. The van der Waals surface area contributed by atoms with Crippen molar-refractivity contribution in [1.82, 2.24) is 45.4 Å². The fourth-order valence-electron chi connectivity index (χ4n) is 9.34. The number of nitrogens with one attached hydrogen (secondary N) is 3. The Morgan fingerprint density at radius 2 is 1.66 bits per heavy atom. The number of likely N-dealkylation sites (tertiary alicyclic amines) is 1. The van der Waals surface area contributed by atoms with Crippen molar-refractivity contribution in [2.45, 2.75) is 96.5 Å². The Morgan fingerprint density at radius 3 is 2.35 bits per heavy atom. The molecule has 5 heterocycles. The SMILES string of the molecule is Cc1ncsc1-c1ccc(CNC(=O)[C@@H]2C[C@@H](O)CN2C(=O)C(NC(=O)CNC(=O)CCc2cccc(-c3ccc4nc(-c5cccnc5N)n(-c5ccc(C6(N)CCC6)cc5)c4n3)c2)C(C)(C)C)cc1. The third-order valence-corrected chi connectivity index (χ3v) is 14.5. The summed E-state index contributed by atoms with van der Waals surface area (Å²) in [7, 11) is 0. The molecule has 9 rings (SSSR count). The largest absolute Gasteiger partial charge is 0.391 e. The van der Waals surface area contributed by atoms with Crippen LogP contribution >= 0.6 is 11.3 Å². The number of β-amino-alcohol motifs (C(OH)–C–C–N with tert-alkyl or cyclic N) is 1. The molecule has 4 amide bonds. The molecular weight excluding hydrogens is 915 g/mol. The predicted octanol–water partition coefficient (Wildman–Crippen LogP) is 6.36. The fraction of sp³-hybridized carbons (Fsp3) is 0.333. The summed E-state index contributed by atoms with van der Waals surface area (Å²) in [5, 5.41) is 19.1. The van der Waals surface area contributed by atoms with E-state index in [4.69, 9.17) is 21.4 Å². The standard InChI is InChI=1S/C54H59N11O5S/c1-32-46(71-31-60-32)35-14-11-34(12-15-35)28-59-51(69)43-27-39(66)30-64(43)52(70)47(53(2,3)4)63-45(68)29-58-44(67)22-13-33-8-5-9-36(26-33)41-20-21-42-50(61-41)65(49(62-42)40-10-6-25-57-48(40)55)38-18-16-37(17-19-38)54(56)23-7-24-54/h5-6,8-12,14-21,25-26,31,39,43,47,66H,7,13,22-24,27-30,56H2,1-4H3,(H2,55,57)(H,58,67)(H,59,69)(H,63,68)/t39-,43+,47?/m1/s1. The lowest BCUT2D eigenvalue weighted by Gasteiger charge is -2.38. The molecule has 0 bridgehead atoms. The van der Waals surface area contributed by atoms with Crippen molar-refractivity contribution in [3.05, 3.63) is 131 Å². The van der Waals surface area contributed by atoms with Gasteiger partial charge in [0.25, 0.3) is 0 Å². The second-order valence-electron chi connectivity index (χ2n) is 19.7. The van der Waals surface area contributed by atoms with E-state index in [0.29, 0.717) is 40.5 Å². The molecule has 16 nitrogen and oxygen atoms in total. The molecule has 71 heavy (non-hydrogen) atoms. The quantitative estimate of drug-likeness (QED) is 0.0661. The highest BCUT2D eigenvalue weighted by molar-refractivity contribution is 7.13. The van der Waals surface area contributed by atoms with Gasteiger partial charge in [0.2, 0.25) is 23.6 Å². The maximum Gasteiger partial charge on any atom is 0.246 e. The molecule has 4 aromatic heterocycles. The minimum Gasteiger partial charge on any atom is -0.391 e. The van der Waals surface area contributed by atoms with E-state index < -0.39 is 41.3 Å². The number of aromatic nitrogens is 5. The Hall–Kier alpha value is -7.34. The Balaban J connectivity index is 0.819. The van der Waals surface area contributed by atoms with Crippen molar-refractivity contribution in [1.29, 1.82) is 0 Å². The smallest absolute Gasteiger partial charge is 0.246 e. The normalized spacial score (nSPS) is 16.8. The highest BCUT2D eigenvalue weighted by Gasteiger charge is 2.44. The van der Waals surface area contributed by atoms with Crippen LogP contribution in [0.3, 0.4) is 0 Å². The van der Waals surface area contributed by atoms with Crippen LogP contribution in [0.5, 0.6) is 0 Å². The number of nitrogens with two attached hydrogens (primary N) is 2. The highest BCUT2D eigenvalue weighted by Crippen LogP contribution is 2.40. The third-order valence-electron chi connectivity index (χ3n) is 13.6. The van der Waals surface area contributed by atoms with E-state index in [9.17, 15) is 24.3 Å². The molecule has 1 saturated carbocycles. The van der Waals surface area contributed by atoms with Gasteiger partial charge in [0, 0.05) is 48.9 Å².